The highest BCUT2D eigenvalue weighted by Crippen LogP contribution is 2.24. The van der Waals surface area contributed by atoms with Crippen LogP contribution in [0, 0.1) is 5.92 Å². The average Bonchev–Trinajstić information content (AvgIpc) is 2.75. The van der Waals surface area contributed by atoms with Gasteiger partial charge in [0.1, 0.15) is 0 Å². The average molecular weight is 275 g/mol. The van der Waals surface area contributed by atoms with Crippen molar-refractivity contribution < 1.29 is 9.90 Å². The fourth-order valence-electron chi connectivity index (χ4n) is 2.84. The predicted octanol–water partition coefficient (Wildman–Crippen LogP) is 3.28. The fourth-order valence-corrected chi connectivity index (χ4v) is 2.84. The molecule has 1 heterocycles. The lowest BCUT2D eigenvalue weighted by Gasteiger charge is -2.20. The van der Waals surface area contributed by atoms with Gasteiger partial charge in [0.05, 0.1) is 0 Å². The van der Waals surface area contributed by atoms with Crippen molar-refractivity contribution in [1.29, 1.82) is 0 Å². The second-order valence-corrected chi connectivity index (χ2v) is 6.93. The summed E-state index contributed by atoms with van der Waals surface area (Å²) in [5.74, 6) is -0.354. The molecule has 1 unspecified atom stereocenters. The smallest absolute Gasteiger partial charge is 0.303 e. The predicted molar refractivity (Wildman–Crippen MR) is 80.8 cm³/mol. The van der Waals surface area contributed by atoms with Crippen molar-refractivity contribution >= 4 is 5.97 Å². The number of hydrogen-bond acceptors (Lipinski definition) is 2. The molecule has 1 fully saturated rings. The van der Waals surface area contributed by atoms with Crippen LogP contribution in [-0.4, -0.2) is 29.1 Å². The summed E-state index contributed by atoms with van der Waals surface area (Å²) in [7, 11) is 0. The van der Waals surface area contributed by atoms with E-state index in [-0.39, 0.29) is 5.41 Å². The number of nitrogens with zero attached hydrogens (tertiary/aromatic N) is 1. The van der Waals surface area contributed by atoms with E-state index in [0.29, 0.717) is 12.3 Å². The normalized spacial score (nSPS) is 20.2. The van der Waals surface area contributed by atoms with Gasteiger partial charge in [-0.25, -0.2) is 0 Å². The largest absolute Gasteiger partial charge is 0.481 e. The number of rotatable bonds is 4. The number of benzene rings is 1. The first-order valence-corrected chi connectivity index (χ1v) is 7.38. The van der Waals surface area contributed by atoms with E-state index in [1.807, 2.05) is 0 Å². The van der Waals surface area contributed by atoms with Crippen LogP contribution < -0.4 is 0 Å². The third-order valence-corrected chi connectivity index (χ3v) is 4.06. The lowest BCUT2D eigenvalue weighted by atomic mass is 9.87. The molecule has 0 spiro atoms. The van der Waals surface area contributed by atoms with E-state index in [9.17, 15) is 4.79 Å². The minimum absolute atomic E-state index is 0.193. The maximum absolute atomic E-state index is 10.7. The maximum Gasteiger partial charge on any atom is 0.303 e. The van der Waals surface area contributed by atoms with Crippen LogP contribution >= 0.6 is 0 Å². The first kappa shape index (κ1) is 15.0. The quantitative estimate of drug-likeness (QED) is 0.916. The van der Waals surface area contributed by atoms with E-state index in [1.165, 1.54) is 11.1 Å². The molecule has 1 aromatic carbocycles. The van der Waals surface area contributed by atoms with E-state index in [4.69, 9.17) is 5.11 Å². The molecule has 1 saturated heterocycles. The molecule has 0 radical (unpaired) electrons. The summed E-state index contributed by atoms with van der Waals surface area (Å²) in [5, 5.41) is 8.84. The zero-order valence-electron chi connectivity index (χ0n) is 12.7. The van der Waals surface area contributed by atoms with E-state index >= 15 is 0 Å². The molecular formula is C17H25NO2. The highest BCUT2D eigenvalue weighted by atomic mass is 16.4. The van der Waals surface area contributed by atoms with Crippen molar-refractivity contribution in [2.75, 3.05) is 13.1 Å². The summed E-state index contributed by atoms with van der Waals surface area (Å²) in [4.78, 5) is 13.1. The van der Waals surface area contributed by atoms with Gasteiger partial charge in [-0.05, 0) is 35.4 Å². The number of likely N-dealkylation sites (tertiary alicyclic amines) is 1. The maximum atomic E-state index is 10.7. The first-order chi connectivity index (χ1) is 9.34. The summed E-state index contributed by atoms with van der Waals surface area (Å²) in [6, 6.07) is 8.82. The minimum atomic E-state index is -0.675. The topological polar surface area (TPSA) is 40.5 Å². The summed E-state index contributed by atoms with van der Waals surface area (Å²) in [6.45, 7) is 9.52. The molecule has 3 nitrogen and oxygen atoms in total. The summed E-state index contributed by atoms with van der Waals surface area (Å²) in [6.07, 6.45) is 1.31. The highest BCUT2D eigenvalue weighted by molar-refractivity contribution is 5.67. The van der Waals surface area contributed by atoms with Crippen LogP contribution in [0.3, 0.4) is 0 Å². The zero-order chi connectivity index (χ0) is 14.8. The SMILES string of the molecule is CC(C)(C)c1ccc(CN2CCC(CC(=O)O)C2)cc1. The summed E-state index contributed by atoms with van der Waals surface area (Å²) >= 11 is 0. The van der Waals surface area contributed by atoms with Gasteiger partial charge in [0, 0.05) is 19.5 Å². The van der Waals surface area contributed by atoms with Crippen LogP contribution in [0.4, 0.5) is 0 Å². The Balaban J connectivity index is 1.90. The molecule has 0 aliphatic carbocycles. The molecule has 20 heavy (non-hydrogen) atoms. The number of hydrogen-bond donors (Lipinski definition) is 1. The van der Waals surface area contributed by atoms with Crippen molar-refractivity contribution in [1.82, 2.24) is 4.90 Å². The van der Waals surface area contributed by atoms with Crippen LogP contribution in [0.5, 0.6) is 0 Å². The zero-order valence-corrected chi connectivity index (χ0v) is 12.7. The molecular weight excluding hydrogens is 250 g/mol. The Hall–Kier alpha value is -1.35. The van der Waals surface area contributed by atoms with Gasteiger partial charge in [-0.15, -0.1) is 0 Å². The minimum Gasteiger partial charge on any atom is -0.481 e. The van der Waals surface area contributed by atoms with Gasteiger partial charge in [0.15, 0.2) is 0 Å². The van der Waals surface area contributed by atoms with Crippen molar-refractivity contribution in [3.63, 3.8) is 0 Å². The van der Waals surface area contributed by atoms with E-state index in [0.717, 1.165) is 26.1 Å². The Labute approximate surface area is 121 Å². The van der Waals surface area contributed by atoms with Gasteiger partial charge in [-0.2, -0.15) is 0 Å². The van der Waals surface area contributed by atoms with Gasteiger partial charge >= 0.3 is 5.97 Å². The lowest BCUT2D eigenvalue weighted by Crippen LogP contribution is -2.21. The van der Waals surface area contributed by atoms with E-state index < -0.39 is 5.97 Å². The number of aliphatic carboxylic acids is 1. The Bertz CT molecular complexity index is 459. The van der Waals surface area contributed by atoms with Crippen molar-refractivity contribution in [3.05, 3.63) is 35.4 Å². The molecule has 0 amide bonds. The molecule has 3 heteroatoms. The number of carboxylic acids is 1. The fraction of sp³-hybridized carbons (Fsp3) is 0.588. The molecule has 110 valence electrons. The van der Waals surface area contributed by atoms with Gasteiger partial charge < -0.3 is 5.11 Å². The van der Waals surface area contributed by atoms with Crippen LogP contribution in [0.15, 0.2) is 24.3 Å². The van der Waals surface area contributed by atoms with Gasteiger partial charge in [0.25, 0.3) is 0 Å². The number of carboxylic acid groups (broad SMARTS) is 1. The molecule has 1 aliphatic rings. The lowest BCUT2D eigenvalue weighted by molar-refractivity contribution is -0.138. The second-order valence-electron chi connectivity index (χ2n) is 6.93. The van der Waals surface area contributed by atoms with Gasteiger partial charge in [-0.1, -0.05) is 45.0 Å². The Kier molecular flexibility index (Phi) is 4.48. The van der Waals surface area contributed by atoms with Crippen molar-refractivity contribution in [2.45, 2.75) is 45.6 Å². The third kappa shape index (κ3) is 4.07. The molecule has 0 saturated carbocycles. The molecule has 0 aromatic heterocycles. The standard InChI is InChI=1S/C17H25NO2/c1-17(2,3)15-6-4-13(5-7-15)11-18-9-8-14(12-18)10-16(19)20/h4-7,14H,8-12H2,1-3H3,(H,19,20). The Morgan fingerprint density at radius 3 is 2.50 bits per heavy atom. The van der Waals surface area contributed by atoms with Crippen molar-refractivity contribution in [2.24, 2.45) is 5.92 Å². The van der Waals surface area contributed by atoms with Crippen LogP contribution in [0.25, 0.3) is 0 Å². The number of carbonyl (C=O) groups is 1. The van der Waals surface area contributed by atoms with Crippen molar-refractivity contribution in [3.8, 4) is 0 Å². The molecule has 1 atom stereocenters. The van der Waals surface area contributed by atoms with Crippen LogP contribution in [0.1, 0.15) is 44.7 Å². The van der Waals surface area contributed by atoms with Crippen LogP contribution in [-0.2, 0) is 16.8 Å². The summed E-state index contributed by atoms with van der Waals surface area (Å²) in [5.41, 5.74) is 2.86. The van der Waals surface area contributed by atoms with Gasteiger partial charge in [-0.3, -0.25) is 9.69 Å². The third-order valence-electron chi connectivity index (χ3n) is 4.06. The van der Waals surface area contributed by atoms with Crippen LogP contribution in [0.2, 0.25) is 0 Å². The molecule has 0 bridgehead atoms. The van der Waals surface area contributed by atoms with Gasteiger partial charge in [0.2, 0.25) is 0 Å². The first-order valence-electron chi connectivity index (χ1n) is 7.38. The Morgan fingerprint density at radius 1 is 1.30 bits per heavy atom. The highest BCUT2D eigenvalue weighted by Gasteiger charge is 2.24. The second kappa shape index (κ2) is 5.96. The summed E-state index contributed by atoms with van der Waals surface area (Å²) < 4.78 is 0. The van der Waals surface area contributed by atoms with E-state index in [1.54, 1.807) is 0 Å². The molecule has 1 N–H and O–H groups in total. The molecule has 2 rings (SSSR count). The van der Waals surface area contributed by atoms with E-state index in [2.05, 4.69) is 49.9 Å². The monoisotopic (exact) mass is 275 g/mol. The molecule has 1 aliphatic heterocycles. The molecule has 1 aromatic rings. The Morgan fingerprint density at radius 2 is 1.95 bits per heavy atom.